The number of halogens is 1. The molecule has 0 aromatic heterocycles. The van der Waals surface area contributed by atoms with Crippen LogP contribution in [0.1, 0.15) is 56.6 Å². The first-order valence-corrected chi connectivity index (χ1v) is 11.8. The smallest absolute Gasteiger partial charge is 0.161 e. The van der Waals surface area contributed by atoms with E-state index in [4.69, 9.17) is 9.47 Å². The molecule has 31 heavy (non-hydrogen) atoms. The average Bonchev–Trinajstić information content (AvgIpc) is 2.76. The van der Waals surface area contributed by atoms with Gasteiger partial charge >= 0.3 is 0 Å². The summed E-state index contributed by atoms with van der Waals surface area (Å²) in [5, 5.41) is 3.86. The summed E-state index contributed by atoms with van der Waals surface area (Å²) in [6.45, 7) is 3.64. The molecule has 4 saturated carbocycles. The van der Waals surface area contributed by atoms with E-state index in [1.54, 1.807) is 19.2 Å². The molecule has 1 atom stereocenters. The van der Waals surface area contributed by atoms with Crippen molar-refractivity contribution in [1.82, 2.24) is 5.32 Å². The summed E-state index contributed by atoms with van der Waals surface area (Å²) in [6, 6.07) is 13.1. The SMILES string of the molecule is COc1cc(CN[C@H](C)C23CC4CC(CC(C4)C2)C3)ccc1OCc1ccc(F)cc1. The van der Waals surface area contributed by atoms with Gasteiger partial charge in [0.05, 0.1) is 7.11 Å². The maximum Gasteiger partial charge on any atom is 0.161 e. The Bertz CT molecular complexity index is 875. The van der Waals surface area contributed by atoms with Crippen molar-refractivity contribution >= 4 is 0 Å². The Hall–Kier alpha value is -2.07. The number of benzene rings is 2. The van der Waals surface area contributed by atoms with Gasteiger partial charge in [0.15, 0.2) is 11.5 Å². The molecular weight excluding hydrogens is 389 g/mol. The van der Waals surface area contributed by atoms with Crippen molar-refractivity contribution in [2.75, 3.05) is 7.11 Å². The van der Waals surface area contributed by atoms with Gasteiger partial charge in [-0.05, 0) is 104 Å². The molecule has 4 heteroatoms. The Balaban J connectivity index is 1.20. The first-order chi connectivity index (χ1) is 15.0. The van der Waals surface area contributed by atoms with Crippen molar-refractivity contribution in [3.63, 3.8) is 0 Å². The summed E-state index contributed by atoms with van der Waals surface area (Å²) in [5.74, 6) is 4.16. The average molecular weight is 424 g/mol. The summed E-state index contributed by atoms with van der Waals surface area (Å²) in [6.07, 6.45) is 8.74. The molecule has 4 bridgehead atoms. The molecular formula is C27H34FNO2. The maximum absolute atomic E-state index is 13.1. The number of rotatable bonds is 8. The van der Waals surface area contributed by atoms with Gasteiger partial charge in [-0.1, -0.05) is 18.2 Å². The molecule has 0 saturated heterocycles. The lowest BCUT2D eigenvalue weighted by atomic mass is 9.48. The summed E-state index contributed by atoms with van der Waals surface area (Å²) in [7, 11) is 1.68. The van der Waals surface area contributed by atoms with Gasteiger partial charge in [0.1, 0.15) is 12.4 Å². The monoisotopic (exact) mass is 423 g/mol. The van der Waals surface area contributed by atoms with Gasteiger partial charge in [-0.25, -0.2) is 4.39 Å². The molecule has 4 aliphatic carbocycles. The third-order valence-corrected chi connectivity index (χ3v) is 8.15. The van der Waals surface area contributed by atoms with Crippen molar-refractivity contribution in [3.05, 3.63) is 59.4 Å². The molecule has 0 radical (unpaired) electrons. The van der Waals surface area contributed by atoms with Crippen molar-refractivity contribution in [1.29, 1.82) is 0 Å². The van der Waals surface area contributed by atoms with Gasteiger partial charge in [0.2, 0.25) is 0 Å². The van der Waals surface area contributed by atoms with Crippen LogP contribution in [0.4, 0.5) is 4.39 Å². The molecule has 1 N–H and O–H groups in total. The Morgan fingerprint density at radius 1 is 0.935 bits per heavy atom. The van der Waals surface area contributed by atoms with Crippen LogP contribution in [0.2, 0.25) is 0 Å². The second-order valence-electron chi connectivity index (χ2n) is 10.3. The van der Waals surface area contributed by atoms with Crippen molar-refractivity contribution in [3.8, 4) is 11.5 Å². The molecule has 0 aliphatic heterocycles. The Morgan fingerprint density at radius 2 is 1.55 bits per heavy atom. The standard InChI is InChI=1S/C27H34FNO2/c1-18(27-13-21-9-22(14-27)11-23(10-21)15-27)29-16-20-5-8-25(26(12-20)30-2)31-17-19-3-6-24(28)7-4-19/h3-8,12,18,21-23,29H,9-11,13-17H2,1-2H3/t18-,21?,22?,23?,27?/m1/s1. The van der Waals surface area contributed by atoms with Gasteiger partial charge in [-0.15, -0.1) is 0 Å². The van der Waals surface area contributed by atoms with E-state index in [1.165, 1.54) is 56.2 Å². The molecule has 0 amide bonds. The highest BCUT2D eigenvalue weighted by Gasteiger charge is 2.52. The predicted octanol–water partition coefficient (Wildman–Crippen LogP) is 6.11. The summed E-state index contributed by atoms with van der Waals surface area (Å²) in [4.78, 5) is 0. The van der Waals surface area contributed by atoms with Crippen LogP contribution in [0.25, 0.3) is 0 Å². The molecule has 4 aliphatic rings. The zero-order valence-electron chi connectivity index (χ0n) is 18.7. The minimum Gasteiger partial charge on any atom is -0.493 e. The first-order valence-electron chi connectivity index (χ1n) is 11.8. The molecule has 166 valence electrons. The highest BCUT2D eigenvalue weighted by Crippen LogP contribution is 2.61. The predicted molar refractivity (Wildman–Crippen MR) is 121 cm³/mol. The third kappa shape index (κ3) is 4.32. The number of methoxy groups -OCH3 is 1. The minimum absolute atomic E-state index is 0.235. The molecule has 2 aromatic rings. The molecule has 3 nitrogen and oxygen atoms in total. The van der Waals surface area contributed by atoms with Gasteiger partial charge in [-0.3, -0.25) is 0 Å². The molecule has 2 aromatic carbocycles. The van der Waals surface area contributed by atoms with Crippen LogP contribution in [0.3, 0.4) is 0 Å². The van der Waals surface area contributed by atoms with Gasteiger partial charge < -0.3 is 14.8 Å². The van der Waals surface area contributed by atoms with Crippen molar-refractivity contribution in [2.45, 2.75) is 64.6 Å². The molecule has 6 rings (SSSR count). The molecule has 0 spiro atoms. The van der Waals surface area contributed by atoms with E-state index in [2.05, 4.69) is 24.4 Å². The summed E-state index contributed by atoms with van der Waals surface area (Å²) in [5.41, 5.74) is 2.65. The van der Waals surface area contributed by atoms with Crippen LogP contribution in [0.5, 0.6) is 11.5 Å². The highest BCUT2D eigenvalue weighted by molar-refractivity contribution is 5.43. The normalized spacial score (nSPS) is 29.7. The quantitative estimate of drug-likeness (QED) is 0.556. The van der Waals surface area contributed by atoms with E-state index in [9.17, 15) is 4.39 Å². The van der Waals surface area contributed by atoms with Gasteiger partial charge in [-0.2, -0.15) is 0 Å². The van der Waals surface area contributed by atoms with Crippen LogP contribution in [-0.4, -0.2) is 13.2 Å². The zero-order valence-corrected chi connectivity index (χ0v) is 18.7. The minimum atomic E-state index is -0.235. The van der Waals surface area contributed by atoms with Crippen molar-refractivity contribution in [2.24, 2.45) is 23.2 Å². The third-order valence-electron chi connectivity index (χ3n) is 8.15. The van der Waals surface area contributed by atoms with Crippen LogP contribution in [0, 0.1) is 29.0 Å². The Kier molecular flexibility index (Phi) is 5.68. The summed E-state index contributed by atoms with van der Waals surface area (Å²) >= 11 is 0. The molecule has 0 unspecified atom stereocenters. The number of ether oxygens (including phenoxy) is 2. The van der Waals surface area contributed by atoms with Gasteiger partial charge in [0, 0.05) is 12.6 Å². The molecule has 0 heterocycles. The van der Waals surface area contributed by atoms with E-state index in [0.29, 0.717) is 23.8 Å². The second-order valence-corrected chi connectivity index (χ2v) is 10.3. The first kappa shape index (κ1) is 20.8. The van der Waals surface area contributed by atoms with E-state index >= 15 is 0 Å². The fraction of sp³-hybridized carbons (Fsp3) is 0.556. The number of hydrogen-bond donors (Lipinski definition) is 1. The Labute approximate surface area is 185 Å². The summed E-state index contributed by atoms with van der Waals surface area (Å²) < 4.78 is 24.6. The Morgan fingerprint density at radius 3 is 2.16 bits per heavy atom. The van der Waals surface area contributed by atoms with Crippen LogP contribution < -0.4 is 14.8 Å². The van der Waals surface area contributed by atoms with Gasteiger partial charge in [0.25, 0.3) is 0 Å². The van der Waals surface area contributed by atoms with E-state index in [1.807, 2.05) is 6.07 Å². The van der Waals surface area contributed by atoms with Crippen LogP contribution in [0.15, 0.2) is 42.5 Å². The van der Waals surface area contributed by atoms with E-state index in [0.717, 1.165) is 35.6 Å². The fourth-order valence-corrected chi connectivity index (χ4v) is 6.88. The van der Waals surface area contributed by atoms with Crippen LogP contribution >= 0.6 is 0 Å². The lowest BCUT2D eigenvalue weighted by Gasteiger charge is -2.59. The highest BCUT2D eigenvalue weighted by atomic mass is 19.1. The fourth-order valence-electron chi connectivity index (χ4n) is 6.88. The number of nitrogens with one attached hydrogen (secondary N) is 1. The number of hydrogen-bond acceptors (Lipinski definition) is 3. The topological polar surface area (TPSA) is 30.5 Å². The van der Waals surface area contributed by atoms with E-state index in [-0.39, 0.29) is 5.82 Å². The largest absolute Gasteiger partial charge is 0.493 e. The zero-order chi connectivity index (χ0) is 21.4. The second kappa shape index (κ2) is 8.46. The van der Waals surface area contributed by atoms with Crippen LogP contribution in [-0.2, 0) is 13.2 Å². The van der Waals surface area contributed by atoms with E-state index < -0.39 is 0 Å². The van der Waals surface area contributed by atoms with Crippen molar-refractivity contribution < 1.29 is 13.9 Å². The molecule has 4 fully saturated rings. The maximum atomic E-state index is 13.1. The lowest BCUT2D eigenvalue weighted by molar-refractivity contribution is -0.0706. The lowest BCUT2D eigenvalue weighted by Crippen LogP contribution is -2.54.